The lowest BCUT2D eigenvalue weighted by Gasteiger charge is -2.12. The van der Waals surface area contributed by atoms with Gasteiger partial charge in [0.2, 0.25) is 0 Å². The number of sulfonamides is 1. The van der Waals surface area contributed by atoms with Crippen molar-refractivity contribution in [3.8, 4) is 0 Å². The number of Topliss-reactive ketones (excluding diaryl/α,β-unsaturated/α-hetero) is 1. The fourth-order valence-corrected chi connectivity index (χ4v) is 3.84. The molecule has 0 aliphatic rings. The SMILES string of the molecule is CC(=O)c1cccc(NC(=S)Nc2ccc(S(=O)(=O)Nc3ccccc3)cc2)c1. The second-order valence-corrected chi connectivity index (χ2v) is 8.30. The van der Waals surface area contributed by atoms with Gasteiger partial charge in [0.1, 0.15) is 0 Å². The predicted molar refractivity (Wildman–Crippen MR) is 120 cm³/mol. The second kappa shape index (κ2) is 8.85. The molecule has 6 nitrogen and oxygen atoms in total. The van der Waals surface area contributed by atoms with Gasteiger partial charge in [-0.2, -0.15) is 0 Å². The zero-order chi connectivity index (χ0) is 20.9. The van der Waals surface area contributed by atoms with E-state index in [-0.39, 0.29) is 10.7 Å². The third-order valence-electron chi connectivity index (χ3n) is 3.98. The minimum Gasteiger partial charge on any atom is -0.332 e. The summed E-state index contributed by atoms with van der Waals surface area (Å²) in [6, 6.07) is 21.9. The number of hydrogen-bond donors (Lipinski definition) is 3. The lowest BCUT2D eigenvalue weighted by molar-refractivity contribution is 0.101. The van der Waals surface area contributed by atoms with Crippen LogP contribution in [0.2, 0.25) is 0 Å². The van der Waals surface area contributed by atoms with Gasteiger partial charge in [-0.1, -0.05) is 30.3 Å². The van der Waals surface area contributed by atoms with Crippen LogP contribution in [0.3, 0.4) is 0 Å². The van der Waals surface area contributed by atoms with Gasteiger partial charge in [-0.15, -0.1) is 0 Å². The van der Waals surface area contributed by atoms with E-state index in [0.717, 1.165) is 0 Å². The molecule has 0 spiro atoms. The highest BCUT2D eigenvalue weighted by atomic mass is 32.2. The van der Waals surface area contributed by atoms with E-state index in [4.69, 9.17) is 12.2 Å². The smallest absolute Gasteiger partial charge is 0.261 e. The molecule has 148 valence electrons. The van der Waals surface area contributed by atoms with Crippen LogP contribution in [0.25, 0.3) is 0 Å². The first kappa shape index (κ1) is 20.5. The highest BCUT2D eigenvalue weighted by Gasteiger charge is 2.14. The average molecular weight is 426 g/mol. The Bertz CT molecular complexity index is 1130. The Morgan fingerprint density at radius 1 is 0.793 bits per heavy atom. The van der Waals surface area contributed by atoms with Crippen LogP contribution in [0.1, 0.15) is 17.3 Å². The van der Waals surface area contributed by atoms with Crippen molar-refractivity contribution in [3.05, 3.63) is 84.4 Å². The maximum atomic E-state index is 12.5. The second-order valence-electron chi connectivity index (χ2n) is 6.21. The molecule has 0 radical (unpaired) electrons. The summed E-state index contributed by atoms with van der Waals surface area (Å²) in [5.41, 5.74) is 2.39. The number of para-hydroxylation sites is 1. The molecular formula is C21H19N3O3S2. The number of nitrogens with one attached hydrogen (secondary N) is 3. The van der Waals surface area contributed by atoms with Gasteiger partial charge in [0, 0.05) is 22.6 Å². The summed E-state index contributed by atoms with van der Waals surface area (Å²) in [5.74, 6) is -0.0339. The van der Waals surface area contributed by atoms with E-state index in [0.29, 0.717) is 27.7 Å². The van der Waals surface area contributed by atoms with Crippen molar-refractivity contribution in [1.82, 2.24) is 0 Å². The van der Waals surface area contributed by atoms with Crippen molar-refractivity contribution < 1.29 is 13.2 Å². The fourth-order valence-electron chi connectivity index (χ4n) is 2.55. The van der Waals surface area contributed by atoms with Crippen LogP contribution in [-0.2, 0) is 10.0 Å². The van der Waals surface area contributed by atoms with Crippen molar-refractivity contribution >= 4 is 50.2 Å². The molecule has 8 heteroatoms. The van der Waals surface area contributed by atoms with Gasteiger partial charge in [0.05, 0.1) is 4.90 Å². The standard InChI is InChI=1S/C21H19N3O3S2/c1-15(25)16-6-5-9-19(14-16)23-21(28)22-17-10-12-20(13-11-17)29(26,27)24-18-7-3-2-4-8-18/h2-14,24H,1H3,(H2,22,23,28). The number of benzene rings is 3. The Morgan fingerprint density at radius 3 is 2.07 bits per heavy atom. The number of anilines is 3. The third kappa shape index (κ3) is 5.63. The predicted octanol–water partition coefficient (Wildman–Crippen LogP) is 4.50. The quantitative estimate of drug-likeness (QED) is 0.398. The zero-order valence-electron chi connectivity index (χ0n) is 15.5. The van der Waals surface area contributed by atoms with E-state index < -0.39 is 10.0 Å². The monoisotopic (exact) mass is 425 g/mol. The van der Waals surface area contributed by atoms with Gasteiger partial charge in [-0.3, -0.25) is 9.52 Å². The third-order valence-corrected chi connectivity index (χ3v) is 5.58. The van der Waals surface area contributed by atoms with E-state index in [1.54, 1.807) is 60.7 Å². The summed E-state index contributed by atoms with van der Waals surface area (Å²) in [7, 11) is -3.68. The number of carbonyl (C=O) groups excluding carboxylic acids is 1. The highest BCUT2D eigenvalue weighted by molar-refractivity contribution is 7.92. The Morgan fingerprint density at radius 2 is 1.41 bits per heavy atom. The van der Waals surface area contributed by atoms with Crippen molar-refractivity contribution in [3.63, 3.8) is 0 Å². The van der Waals surface area contributed by atoms with Crippen LogP contribution in [0, 0.1) is 0 Å². The molecule has 0 bridgehead atoms. The molecule has 0 fully saturated rings. The molecule has 3 aromatic rings. The minimum absolute atomic E-state index is 0.0339. The molecule has 0 atom stereocenters. The minimum atomic E-state index is -3.68. The molecule has 0 amide bonds. The Kier molecular flexibility index (Phi) is 6.26. The molecule has 3 N–H and O–H groups in total. The number of hydrogen-bond acceptors (Lipinski definition) is 4. The van der Waals surface area contributed by atoms with E-state index in [1.165, 1.54) is 19.1 Å². The van der Waals surface area contributed by atoms with Crippen molar-refractivity contribution in [2.24, 2.45) is 0 Å². The summed E-state index contributed by atoms with van der Waals surface area (Å²) in [6.07, 6.45) is 0. The summed E-state index contributed by atoms with van der Waals surface area (Å²) < 4.78 is 27.5. The first-order chi connectivity index (χ1) is 13.8. The Balaban J connectivity index is 1.65. The molecule has 3 rings (SSSR count). The van der Waals surface area contributed by atoms with Crippen LogP contribution in [-0.4, -0.2) is 19.3 Å². The summed E-state index contributed by atoms with van der Waals surface area (Å²) in [6.45, 7) is 1.50. The lowest BCUT2D eigenvalue weighted by atomic mass is 10.1. The first-order valence-corrected chi connectivity index (χ1v) is 10.6. The fraction of sp³-hybridized carbons (Fsp3) is 0.0476. The molecule has 0 aromatic heterocycles. The Labute approximate surface area is 175 Å². The maximum Gasteiger partial charge on any atom is 0.261 e. The first-order valence-electron chi connectivity index (χ1n) is 8.70. The number of ketones is 1. The van der Waals surface area contributed by atoms with Crippen LogP contribution in [0.15, 0.2) is 83.8 Å². The topological polar surface area (TPSA) is 87.3 Å². The molecule has 0 unspecified atom stereocenters. The van der Waals surface area contributed by atoms with Crippen LogP contribution in [0.5, 0.6) is 0 Å². The van der Waals surface area contributed by atoms with Gasteiger partial charge >= 0.3 is 0 Å². The molecule has 0 aliphatic carbocycles. The molecule has 0 saturated heterocycles. The highest BCUT2D eigenvalue weighted by Crippen LogP contribution is 2.18. The van der Waals surface area contributed by atoms with Crippen LogP contribution >= 0.6 is 12.2 Å². The van der Waals surface area contributed by atoms with Gasteiger partial charge in [-0.25, -0.2) is 8.42 Å². The summed E-state index contributed by atoms with van der Waals surface area (Å²) in [5, 5.41) is 6.31. The van der Waals surface area contributed by atoms with E-state index in [1.807, 2.05) is 6.07 Å². The van der Waals surface area contributed by atoms with E-state index in [2.05, 4.69) is 15.4 Å². The van der Waals surface area contributed by atoms with Gasteiger partial charge in [0.15, 0.2) is 10.9 Å². The molecule has 29 heavy (non-hydrogen) atoms. The van der Waals surface area contributed by atoms with Crippen molar-refractivity contribution in [1.29, 1.82) is 0 Å². The van der Waals surface area contributed by atoms with Crippen molar-refractivity contribution in [2.75, 3.05) is 15.4 Å². The maximum absolute atomic E-state index is 12.5. The number of carbonyl (C=O) groups is 1. The van der Waals surface area contributed by atoms with Gasteiger partial charge in [0.25, 0.3) is 10.0 Å². The number of thiocarbonyl (C=S) groups is 1. The summed E-state index contributed by atoms with van der Waals surface area (Å²) in [4.78, 5) is 11.6. The molecule has 3 aromatic carbocycles. The molecular weight excluding hydrogens is 406 g/mol. The molecule has 0 saturated carbocycles. The Hall–Kier alpha value is -3.23. The van der Waals surface area contributed by atoms with Crippen molar-refractivity contribution in [2.45, 2.75) is 11.8 Å². The summed E-state index contributed by atoms with van der Waals surface area (Å²) >= 11 is 5.28. The average Bonchev–Trinajstić information content (AvgIpc) is 2.69. The van der Waals surface area contributed by atoms with Crippen LogP contribution < -0.4 is 15.4 Å². The largest absolute Gasteiger partial charge is 0.332 e. The molecule has 0 heterocycles. The number of rotatable bonds is 6. The van der Waals surface area contributed by atoms with Gasteiger partial charge in [-0.05, 0) is 67.7 Å². The molecule has 0 aliphatic heterocycles. The van der Waals surface area contributed by atoms with Gasteiger partial charge < -0.3 is 10.6 Å². The normalized spacial score (nSPS) is 10.8. The lowest BCUT2D eigenvalue weighted by Crippen LogP contribution is -2.19. The van der Waals surface area contributed by atoms with Crippen LogP contribution in [0.4, 0.5) is 17.1 Å². The van der Waals surface area contributed by atoms with E-state index in [9.17, 15) is 13.2 Å². The van der Waals surface area contributed by atoms with E-state index >= 15 is 0 Å². The zero-order valence-corrected chi connectivity index (χ0v) is 17.2.